The number of amides is 2. The van der Waals surface area contributed by atoms with Crippen LogP contribution in [0.25, 0.3) is 0 Å². The maximum absolute atomic E-state index is 14.1. The van der Waals surface area contributed by atoms with Gasteiger partial charge in [-0.25, -0.2) is 8.42 Å². The van der Waals surface area contributed by atoms with Gasteiger partial charge < -0.3 is 10.2 Å². The quantitative estimate of drug-likeness (QED) is 0.255. The molecule has 9 heteroatoms. The van der Waals surface area contributed by atoms with Crippen LogP contribution in [0.5, 0.6) is 0 Å². The molecule has 2 amide bonds. The topological polar surface area (TPSA) is 86.8 Å². The van der Waals surface area contributed by atoms with E-state index >= 15 is 0 Å². The minimum Gasteiger partial charge on any atom is -0.354 e. The lowest BCUT2D eigenvalue weighted by atomic mass is 10.1. The Hall–Kier alpha value is -3.36. The number of hydrogen-bond donors (Lipinski definition) is 1. The molecule has 0 aromatic heterocycles. The van der Waals surface area contributed by atoms with E-state index in [0.717, 1.165) is 33.8 Å². The molecule has 0 saturated heterocycles. The predicted octanol–water partition coefficient (Wildman–Crippen LogP) is 5.88. The third-order valence-corrected chi connectivity index (χ3v) is 8.91. The van der Waals surface area contributed by atoms with Gasteiger partial charge in [-0.1, -0.05) is 68.3 Å². The number of halogens is 1. The van der Waals surface area contributed by atoms with Gasteiger partial charge in [0.15, 0.2) is 0 Å². The first kappa shape index (κ1) is 31.2. The average molecular weight is 584 g/mol. The smallest absolute Gasteiger partial charge is 0.264 e. The van der Waals surface area contributed by atoms with Crippen LogP contribution in [0.2, 0.25) is 5.02 Å². The molecule has 1 atom stereocenters. The van der Waals surface area contributed by atoms with Gasteiger partial charge in [0.05, 0.1) is 10.6 Å². The molecule has 0 aliphatic carbocycles. The number of nitrogens with one attached hydrogen (secondary N) is 1. The highest BCUT2D eigenvalue weighted by atomic mass is 35.5. The molecule has 0 heterocycles. The SMILES string of the molecule is CCCCNC(=O)[C@@H](CC)N(Cc1ccccc1)C(=O)CN(c1ccc(C)c(C)c1)S(=O)(=O)c1ccc(Cl)cc1. The Bertz CT molecular complexity index is 1400. The fraction of sp³-hybridized carbons (Fsp3) is 0.355. The highest BCUT2D eigenvalue weighted by molar-refractivity contribution is 7.92. The second-order valence-electron chi connectivity index (χ2n) is 9.81. The molecule has 3 aromatic carbocycles. The van der Waals surface area contributed by atoms with Gasteiger partial charge in [-0.15, -0.1) is 0 Å². The number of nitrogens with zero attached hydrogens (tertiary/aromatic N) is 2. The average Bonchev–Trinajstić information content (AvgIpc) is 2.94. The summed E-state index contributed by atoms with van der Waals surface area (Å²) in [5, 5.41) is 3.34. The highest BCUT2D eigenvalue weighted by Crippen LogP contribution is 2.27. The predicted molar refractivity (Wildman–Crippen MR) is 161 cm³/mol. The van der Waals surface area contributed by atoms with Crippen LogP contribution in [0, 0.1) is 13.8 Å². The van der Waals surface area contributed by atoms with Crippen molar-refractivity contribution in [2.24, 2.45) is 0 Å². The molecule has 3 rings (SSSR count). The Morgan fingerprint density at radius 1 is 0.925 bits per heavy atom. The van der Waals surface area contributed by atoms with Crippen LogP contribution in [0.15, 0.2) is 77.7 Å². The molecule has 1 N–H and O–H groups in total. The van der Waals surface area contributed by atoms with E-state index in [1.165, 1.54) is 29.2 Å². The molecule has 0 unspecified atom stereocenters. The molecule has 214 valence electrons. The van der Waals surface area contributed by atoms with E-state index < -0.39 is 28.5 Å². The Kier molecular flexibility index (Phi) is 11.2. The van der Waals surface area contributed by atoms with Crippen molar-refractivity contribution in [2.75, 3.05) is 17.4 Å². The Morgan fingerprint density at radius 2 is 1.60 bits per heavy atom. The highest BCUT2D eigenvalue weighted by Gasteiger charge is 2.33. The summed E-state index contributed by atoms with van der Waals surface area (Å²) in [6.45, 7) is 7.92. The van der Waals surface area contributed by atoms with Crippen molar-refractivity contribution in [3.63, 3.8) is 0 Å². The van der Waals surface area contributed by atoms with Crippen LogP contribution in [0.1, 0.15) is 49.8 Å². The number of aryl methyl sites for hydroxylation is 2. The van der Waals surface area contributed by atoms with Crippen molar-refractivity contribution in [3.05, 3.63) is 94.5 Å². The van der Waals surface area contributed by atoms with Gasteiger partial charge in [0.1, 0.15) is 12.6 Å². The van der Waals surface area contributed by atoms with Gasteiger partial charge in [0.25, 0.3) is 10.0 Å². The number of anilines is 1. The van der Waals surface area contributed by atoms with Crippen molar-refractivity contribution in [1.82, 2.24) is 10.2 Å². The van der Waals surface area contributed by atoms with Gasteiger partial charge in [-0.3, -0.25) is 13.9 Å². The molecule has 3 aromatic rings. The number of sulfonamides is 1. The summed E-state index contributed by atoms with van der Waals surface area (Å²) in [5.41, 5.74) is 3.10. The van der Waals surface area contributed by atoms with Crippen LogP contribution >= 0.6 is 11.6 Å². The summed E-state index contributed by atoms with van der Waals surface area (Å²) in [6.07, 6.45) is 2.13. The van der Waals surface area contributed by atoms with E-state index in [1.807, 2.05) is 64.1 Å². The van der Waals surface area contributed by atoms with Crippen LogP contribution in [0.3, 0.4) is 0 Å². The fourth-order valence-corrected chi connectivity index (χ4v) is 5.88. The van der Waals surface area contributed by atoms with Crippen LogP contribution in [-0.4, -0.2) is 44.3 Å². The second kappa shape index (κ2) is 14.3. The number of rotatable bonds is 13. The molecule has 0 bridgehead atoms. The standard InChI is InChI=1S/C31H38ClN3O4S/c1-5-7-19-33-31(37)29(6-2)34(21-25-11-9-8-10-12-25)30(36)22-35(27-16-13-23(3)24(4)20-27)40(38,39)28-17-14-26(32)15-18-28/h8-18,20,29H,5-7,19,21-22H2,1-4H3,(H,33,37)/t29-/m1/s1. The minimum atomic E-state index is -4.15. The fourth-order valence-electron chi connectivity index (χ4n) is 4.35. The summed E-state index contributed by atoms with van der Waals surface area (Å²) >= 11 is 6.02. The molecule has 7 nitrogen and oxygen atoms in total. The maximum atomic E-state index is 14.1. The molecular formula is C31H38ClN3O4S. The summed E-state index contributed by atoms with van der Waals surface area (Å²) in [7, 11) is -4.15. The van der Waals surface area contributed by atoms with E-state index in [0.29, 0.717) is 23.7 Å². The van der Waals surface area contributed by atoms with Crippen molar-refractivity contribution in [1.29, 1.82) is 0 Å². The van der Waals surface area contributed by atoms with Crippen LogP contribution < -0.4 is 9.62 Å². The molecule has 0 fully saturated rings. The summed E-state index contributed by atoms with van der Waals surface area (Å²) in [6, 6.07) is 19.8. The third-order valence-electron chi connectivity index (χ3n) is 6.87. The van der Waals surface area contributed by atoms with E-state index in [4.69, 9.17) is 11.6 Å². The normalized spacial score (nSPS) is 12.0. The van der Waals surface area contributed by atoms with Gasteiger partial charge in [0, 0.05) is 18.1 Å². The largest absolute Gasteiger partial charge is 0.354 e. The van der Waals surface area contributed by atoms with Gasteiger partial charge in [-0.2, -0.15) is 0 Å². The zero-order valence-electron chi connectivity index (χ0n) is 23.6. The zero-order valence-corrected chi connectivity index (χ0v) is 25.1. The third kappa shape index (κ3) is 7.86. The number of hydrogen-bond acceptors (Lipinski definition) is 4. The molecular weight excluding hydrogens is 546 g/mol. The molecule has 0 aliphatic heterocycles. The molecule has 0 radical (unpaired) electrons. The van der Waals surface area contributed by atoms with Crippen molar-refractivity contribution >= 4 is 39.1 Å². The van der Waals surface area contributed by atoms with Crippen LogP contribution in [0.4, 0.5) is 5.69 Å². The van der Waals surface area contributed by atoms with Crippen molar-refractivity contribution in [2.45, 2.75) is 64.4 Å². The second-order valence-corrected chi connectivity index (χ2v) is 12.1. The summed E-state index contributed by atoms with van der Waals surface area (Å²) < 4.78 is 29.0. The van der Waals surface area contributed by atoms with Crippen LogP contribution in [-0.2, 0) is 26.2 Å². The molecule has 0 saturated carbocycles. The first-order valence-electron chi connectivity index (χ1n) is 13.5. The number of carbonyl (C=O) groups is 2. The Labute approximate surface area is 243 Å². The van der Waals surface area contributed by atoms with E-state index in [1.54, 1.807) is 12.1 Å². The summed E-state index contributed by atoms with van der Waals surface area (Å²) in [5.74, 6) is -0.726. The lowest BCUT2D eigenvalue weighted by molar-refractivity contribution is -0.140. The van der Waals surface area contributed by atoms with Gasteiger partial charge >= 0.3 is 0 Å². The first-order valence-corrected chi connectivity index (χ1v) is 15.4. The maximum Gasteiger partial charge on any atom is 0.264 e. The van der Waals surface area contributed by atoms with Crippen molar-refractivity contribution in [3.8, 4) is 0 Å². The monoisotopic (exact) mass is 583 g/mol. The molecule has 0 aliphatic rings. The van der Waals surface area contributed by atoms with Crippen molar-refractivity contribution < 1.29 is 18.0 Å². The lowest BCUT2D eigenvalue weighted by Gasteiger charge is -2.33. The molecule has 40 heavy (non-hydrogen) atoms. The Balaban J connectivity index is 2.04. The van der Waals surface area contributed by atoms with E-state index in [9.17, 15) is 18.0 Å². The lowest BCUT2D eigenvalue weighted by Crippen LogP contribution is -2.52. The number of benzene rings is 3. The van der Waals surface area contributed by atoms with Gasteiger partial charge in [0.2, 0.25) is 11.8 Å². The number of carbonyl (C=O) groups excluding carboxylic acids is 2. The van der Waals surface area contributed by atoms with E-state index in [2.05, 4.69) is 5.32 Å². The molecule has 0 spiro atoms. The van der Waals surface area contributed by atoms with Gasteiger partial charge in [-0.05, 0) is 79.8 Å². The zero-order chi connectivity index (χ0) is 29.3. The minimum absolute atomic E-state index is 0.0156. The Morgan fingerprint density at radius 3 is 2.20 bits per heavy atom. The van der Waals surface area contributed by atoms with E-state index in [-0.39, 0.29) is 17.3 Å². The summed E-state index contributed by atoms with van der Waals surface area (Å²) in [4.78, 5) is 28.8. The number of unbranched alkanes of at least 4 members (excludes halogenated alkanes) is 1. The first-order chi connectivity index (χ1) is 19.1.